The van der Waals surface area contributed by atoms with Gasteiger partial charge in [0.15, 0.2) is 0 Å². The number of aromatic nitrogens is 2. The summed E-state index contributed by atoms with van der Waals surface area (Å²) < 4.78 is 0. The average Bonchev–Trinajstić information content (AvgIpc) is 2.28. The van der Waals surface area contributed by atoms with Crippen LogP contribution in [0.5, 0.6) is 0 Å². The van der Waals surface area contributed by atoms with Gasteiger partial charge >= 0.3 is 5.69 Å². The third kappa shape index (κ3) is 3.71. The van der Waals surface area contributed by atoms with Crippen molar-refractivity contribution in [2.24, 2.45) is 0 Å². The first kappa shape index (κ1) is 14.0. The summed E-state index contributed by atoms with van der Waals surface area (Å²) in [5, 5.41) is 13.7. The first-order valence-corrected chi connectivity index (χ1v) is 6.77. The highest BCUT2D eigenvalue weighted by Gasteiger charge is 2.22. The summed E-state index contributed by atoms with van der Waals surface area (Å²) in [5.74, 6) is 1.02. The van der Waals surface area contributed by atoms with E-state index in [1.807, 2.05) is 13.2 Å². The molecule has 1 N–H and O–H groups in total. The number of hydrogen-bond donors (Lipinski definition) is 1. The van der Waals surface area contributed by atoms with Crippen molar-refractivity contribution in [1.82, 2.24) is 9.97 Å². The summed E-state index contributed by atoms with van der Waals surface area (Å²) in [6.07, 6.45) is 4.04. The highest BCUT2D eigenvalue weighted by atomic mass is 35.5. The fraction of sp³-hybridized carbons (Fsp3) is 0.556. The molecule has 94 valence electrons. The molecule has 1 heterocycles. The van der Waals surface area contributed by atoms with Gasteiger partial charge in [-0.3, -0.25) is 10.1 Å². The zero-order valence-corrected chi connectivity index (χ0v) is 11.1. The molecule has 0 aromatic carbocycles. The van der Waals surface area contributed by atoms with Gasteiger partial charge in [0.05, 0.1) is 4.92 Å². The topological polar surface area (TPSA) is 81.0 Å². The summed E-state index contributed by atoms with van der Waals surface area (Å²) in [6, 6.07) is 0.120. The molecule has 0 radical (unpaired) electrons. The molecule has 1 aromatic rings. The minimum absolute atomic E-state index is 0.120. The van der Waals surface area contributed by atoms with E-state index in [2.05, 4.69) is 15.3 Å². The van der Waals surface area contributed by atoms with Gasteiger partial charge in [0.1, 0.15) is 6.33 Å². The van der Waals surface area contributed by atoms with E-state index in [4.69, 9.17) is 11.6 Å². The Morgan fingerprint density at radius 2 is 2.35 bits per heavy atom. The lowest BCUT2D eigenvalue weighted by atomic mass is 10.2. The van der Waals surface area contributed by atoms with E-state index in [0.717, 1.165) is 12.2 Å². The zero-order chi connectivity index (χ0) is 12.8. The van der Waals surface area contributed by atoms with Gasteiger partial charge in [-0.05, 0) is 12.7 Å². The molecular weight excluding hydrogens is 264 g/mol. The number of nitrogens with zero attached hydrogens (tertiary/aromatic N) is 3. The number of nitrogens with one attached hydrogen (secondary N) is 1. The fourth-order valence-electron chi connectivity index (χ4n) is 1.28. The normalized spacial score (nSPS) is 12.2. The van der Waals surface area contributed by atoms with Crippen LogP contribution in [0.25, 0.3) is 0 Å². The van der Waals surface area contributed by atoms with Crippen molar-refractivity contribution in [2.45, 2.75) is 19.4 Å². The van der Waals surface area contributed by atoms with Gasteiger partial charge in [-0.25, -0.2) is 9.97 Å². The molecule has 0 amide bonds. The predicted molar refractivity (Wildman–Crippen MR) is 69.8 cm³/mol. The number of nitro groups is 1. The summed E-state index contributed by atoms with van der Waals surface area (Å²) in [4.78, 5) is 17.8. The second-order valence-electron chi connectivity index (χ2n) is 3.32. The molecule has 1 atom stereocenters. The Morgan fingerprint density at radius 1 is 1.65 bits per heavy atom. The molecule has 0 aliphatic heterocycles. The van der Waals surface area contributed by atoms with Gasteiger partial charge in [-0.1, -0.05) is 18.5 Å². The average molecular weight is 277 g/mol. The first-order valence-electron chi connectivity index (χ1n) is 5.00. The SMILES string of the molecule is CCC(CSC)Nc1ncnc(Cl)c1[N+](=O)[O-]. The van der Waals surface area contributed by atoms with Crippen LogP contribution in [0.2, 0.25) is 5.15 Å². The third-order valence-electron chi connectivity index (χ3n) is 2.16. The van der Waals surface area contributed by atoms with Crippen molar-refractivity contribution in [2.75, 3.05) is 17.3 Å². The van der Waals surface area contributed by atoms with Crippen LogP contribution in [0.1, 0.15) is 13.3 Å². The molecular formula is C9H13ClN4O2S. The van der Waals surface area contributed by atoms with Gasteiger partial charge in [0.25, 0.3) is 0 Å². The quantitative estimate of drug-likeness (QED) is 0.489. The van der Waals surface area contributed by atoms with E-state index >= 15 is 0 Å². The minimum atomic E-state index is -0.573. The number of thioether (sulfide) groups is 1. The Bertz CT molecular complexity index is 405. The number of rotatable bonds is 6. The lowest BCUT2D eigenvalue weighted by molar-refractivity contribution is -0.384. The Hall–Kier alpha value is -1.08. The van der Waals surface area contributed by atoms with Crippen molar-refractivity contribution in [3.8, 4) is 0 Å². The van der Waals surface area contributed by atoms with Crippen molar-refractivity contribution in [3.63, 3.8) is 0 Å². The lowest BCUT2D eigenvalue weighted by Gasteiger charge is -2.15. The van der Waals surface area contributed by atoms with Gasteiger partial charge in [0.2, 0.25) is 11.0 Å². The van der Waals surface area contributed by atoms with Crippen LogP contribution in [0.3, 0.4) is 0 Å². The maximum absolute atomic E-state index is 10.9. The van der Waals surface area contributed by atoms with Crippen molar-refractivity contribution >= 4 is 34.9 Å². The van der Waals surface area contributed by atoms with Gasteiger partial charge in [-0.15, -0.1) is 0 Å². The summed E-state index contributed by atoms with van der Waals surface area (Å²) in [6.45, 7) is 2.00. The molecule has 1 aromatic heterocycles. The molecule has 0 saturated carbocycles. The molecule has 0 bridgehead atoms. The molecule has 0 fully saturated rings. The Labute approximate surface area is 108 Å². The smallest absolute Gasteiger partial charge is 0.348 e. The number of anilines is 1. The van der Waals surface area contributed by atoms with E-state index in [9.17, 15) is 10.1 Å². The maximum Gasteiger partial charge on any atom is 0.348 e. The standard InChI is InChI=1S/C9H13ClN4O2S/c1-3-6(4-17-2)13-9-7(14(15)16)8(10)11-5-12-9/h5-6H,3-4H2,1-2H3,(H,11,12,13). The lowest BCUT2D eigenvalue weighted by Crippen LogP contribution is -2.22. The van der Waals surface area contributed by atoms with Gasteiger partial charge in [-0.2, -0.15) is 11.8 Å². The summed E-state index contributed by atoms with van der Waals surface area (Å²) in [5.41, 5.74) is -0.270. The second-order valence-corrected chi connectivity index (χ2v) is 4.59. The van der Waals surface area contributed by atoms with E-state index in [0.29, 0.717) is 0 Å². The van der Waals surface area contributed by atoms with Crippen LogP contribution in [0.15, 0.2) is 6.33 Å². The molecule has 6 nitrogen and oxygen atoms in total. The van der Waals surface area contributed by atoms with Crippen LogP contribution in [-0.4, -0.2) is 32.9 Å². The summed E-state index contributed by atoms with van der Waals surface area (Å²) in [7, 11) is 0. The van der Waals surface area contributed by atoms with Crippen LogP contribution in [0.4, 0.5) is 11.5 Å². The molecule has 0 saturated heterocycles. The predicted octanol–water partition coefficient (Wildman–Crippen LogP) is 2.59. The van der Waals surface area contributed by atoms with E-state index in [1.165, 1.54) is 6.33 Å². The minimum Gasteiger partial charge on any atom is -0.361 e. The van der Waals surface area contributed by atoms with Crippen LogP contribution < -0.4 is 5.32 Å². The molecule has 8 heteroatoms. The van der Waals surface area contributed by atoms with E-state index in [-0.39, 0.29) is 22.7 Å². The molecule has 17 heavy (non-hydrogen) atoms. The van der Waals surface area contributed by atoms with Crippen LogP contribution >= 0.6 is 23.4 Å². The van der Waals surface area contributed by atoms with E-state index < -0.39 is 4.92 Å². The Morgan fingerprint density at radius 3 is 2.88 bits per heavy atom. The number of halogens is 1. The third-order valence-corrected chi connectivity index (χ3v) is 3.17. The maximum atomic E-state index is 10.9. The Kier molecular flexibility index (Phi) is 5.43. The molecule has 1 unspecified atom stereocenters. The molecule has 0 aliphatic rings. The van der Waals surface area contributed by atoms with Crippen molar-refractivity contribution in [1.29, 1.82) is 0 Å². The van der Waals surface area contributed by atoms with Crippen LogP contribution in [0, 0.1) is 10.1 Å². The van der Waals surface area contributed by atoms with Gasteiger partial charge in [0, 0.05) is 11.8 Å². The summed E-state index contributed by atoms with van der Waals surface area (Å²) >= 11 is 7.35. The molecule has 1 rings (SSSR count). The Balaban J connectivity index is 2.97. The van der Waals surface area contributed by atoms with E-state index in [1.54, 1.807) is 11.8 Å². The first-order chi connectivity index (χ1) is 8.10. The largest absolute Gasteiger partial charge is 0.361 e. The zero-order valence-electron chi connectivity index (χ0n) is 9.51. The number of hydrogen-bond acceptors (Lipinski definition) is 6. The van der Waals surface area contributed by atoms with Gasteiger partial charge < -0.3 is 5.32 Å². The molecule has 0 aliphatic carbocycles. The van der Waals surface area contributed by atoms with Crippen LogP contribution in [-0.2, 0) is 0 Å². The highest BCUT2D eigenvalue weighted by Crippen LogP contribution is 2.29. The highest BCUT2D eigenvalue weighted by molar-refractivity contribution is 7.98. The van der Waals surface area contributed by atoms with Crippen molar-refractivity contribution in [3.05, 3.63) is 21.6 Å². The molecule has 0 spiro atoms. The monoisotopic (exact) mass is 276 g/mol. The second kappa shape index (κ2) is 6.61. The van der Waals surface area contributed by atoms with Crippen molar-refractivity contribution < 1.29 is 4.92 Å². The fourth-order valence-corrected chi connectivity index (χ4v) is 2.20.